The lowest BCUT2D eigenvalue weighted by molar-refractivity contribution is 0.0952. The summed E-state index contributed by atoms with van der Waals surface area (Å²) >= 11 is 0. The zero-order chi connectivity index (χ0) is 20.2. The first-order valence-electron chi connectivity index (χ1n) is 9.10. The number of halogens is 1. The maximum Gasteiger partial charge on any atom is 0.264 e. The Morgan fingerprint density at radius 2 is 1.93 bits per heavy atom. The average Bonchev–Trinajstić information content (AvgIpc) is 3.14. The molecule has 0 atom stereocenters. The highest BCUT2D eigenvalue weighted by Gasteiger charge is 2.11. The van der Waals surface area contributed by atoms with E-state index in [1.165, 1.54) is 29.2 Å². The smallest absolute Gasteiger partial charge is 0.264 e. The van der Waals surface area contributed by atoms with E-state index in [0.717, 1.165) is 0 Å². The number of hydrogen-bond donors (Lipinski definition) is 1. The number of hydrogen-bond acceptors (Lipinski definition) is 4. The molecule has 2 aromatic carbocycles. The highest BCUT2D eigenvalue weighted by Crippen LogP contribution is 2.08. The molecule has 29 heavy (non-hydrogen) atoms. The topological polar surface area (TPSA) is 81.8 Å². The maximum absolute atomic E-state index is 13.4. The van der Waals surface area contributed by atoms with Crippen LogP contribution in [0.1, 0.15) is 15.9 Å². The second-order valence-electron chi connectivity index (χ2n) is 6.53. The first-order chi connectivity index (χ1) is 14.1. The Morgan fingerprint density at radius 1 is 1.10 bits per heavy atom. The SMILES string of the molecule is O=C(NCCn1ncc2c(=O)n(Cc3cccc(F)c3)cnc21)c1ccccc1. The summed E-state index contributed by atoms with van der Waals surface area (Å²) in [4.78, 5) is 29.1. The largest absolute Gasteiger partial charge is 0.350 e. The molecule has 7 nitrogen and oxygen atoms in total. The Labute approximate surface area is 165 Å². The van der Waals surface area contributed by atoms with Gasteiger partial charge in [0.05, 0.1) is 19.3 Å². The number of rotatable bonds is 6. The van der Waals surface area contributed by atoms with Gasteiger partial charge in [0.2, 0.25) is 0 Å². The summed E-state index contributed by atoms with van der Waals surface area (Å²) in [6, 6.07) is 15.0. The second kappa shape index (κ2) is 8.05. The molecular weight excluding hydrogens is 373 g/mol. The molecule has 1 N–H and O–H groups in total. The van der Waals surface area contributed by atoms with Crippen molar-refractivity contribution in [3.8, 4) is 0 Å². The first-order valence-corrected chi connectivity index (χ1v) is 9.10. The van der Waals surface area contributed by atoms with Crippen LogP contribution in [0.3, 0.4) is 0 Å². The van der Waals surface area contributed by atoms with Crippen LogP contribution < -0.4 is 10.9 Å². The minimum atomic E-state index is -0.352. The van der Waals surface area contributed by atoms with Crippen molar-refractivity contribution >= 4 is 16.9 Å². The molecule has 0 aliphatic rings. The fourth-order valence-electron chi connectivity index (χ4n) is 3.07. The second-order valence-corrected chi connectivity index (χ2v) is 6.53. The molecule has 2 heterocycles. The van der Waals surface area contributed by atoms with Gasteiger partial charge in [-0.05, 0) is 29.8 Å². The Balaban J connectivity index is 1.47. The summed E-state index contributed by atoms with van der Waals surface area (Å²) in [5.41, 5.74) is 1.44. The van der Waals surface area contributed by atoms with E-state index in [1.54, 1.807) is 41.1 Å². The normalized spacial score (nSPS) is 10.9. The van der Waals surface area contributed by atoms with Crippen molar-refractivity contribution in [2.75, 3.05) is 6.54 Å². The van der Waals surface area contributed by atoms with Crippen LogP contribution in [0.25, 0.3) is 11.0 Å². The third kappa shape index (κ3) is 4.06. The van der Waals surface area contributed by atoms with Crippen molar-refractivity contribution < 1.29 is 9.18 Å². The van der Waals surface area contributed by atoms with E-state index in [-0.39, 0.29) is 23.8 Å². The number of aromatic nitrogens is 4. The Kier molecular flexibility index (Phi) is 5.15. The minimum Gasteiger partial charge on any atom is -0.350 e. The number of nitrogens with zero attached hydrogens (tertiary/aromatic N) is 4. The Hall–Kier alpha value is -3.81. The average molecular weight is 391 g/mol. The van der Waals surface area contributed by atoms with Gasteiger partial charge in [-0.15, -0.1) is 0 Å². The summed E-state index contributed by atoms with van der Waals surface area (Å²) in [7, 11) is 0. The van der Waals surface area contributed by atoms with E-state index < -0.39 is 0 Å². The maximum atomic E-state index is 13.4. The van der Waals surface area contributed by atoms with Gasteiger partial charge >= 0.3 is 0 Å². The molecule has 4 rings (SSSR count). The molecule has 0 saturated heterocycles. The zero-order valence-electron chi connectivity index (χ0n) is 15.5. The molecular formula is C21H18FN5O2. The third-order valence-electron chi connectivity index (χ3n) is 4.51. The predicted molar refractivity (Wildman–Crippen MR) is 106 cm³/mol. The quantitative estimate of drug-likeness (QED) is 0.546. The zero-order valence-corrected chi connectivity index (χ0v) is 15.5. The predicted octanol–water partition coefficient (Wildman–Crippen LogP) is 2.21. The highest BCUT2D eigenvalue weighted by molar-refractivity contribution is 5.94. The first kappa shape index (κ1) is 18.5. The summed E-state index contributed by atoms with van der Waals surface area (Å²) in [6.07, 6.45) is 2.89. The van der Waals surface area contributed by atoms with Crippen molar-refractivity contribution in [1.82, 2.24) is 24.6 Å². The van der Waals surface area contributed by atoms with Crippen LogP contribution in [0.2, 0.25) is 0 Å². The molecule has 2 aromatic heterocycles. The molecule has 0 fully saturated rings. The number of amides is 1. The number of carbonyl (C=O) groups excluding carboxylic acids is 1. The molecule has 0 aliphatic heterocycles. The molecule has 0 spiro atoms. The van der Waals surface area contributed by atoms with Gasteiger partial charge in [0.25, 0.3) is 11.5 Å². The number of benzene rings is 2. The molecule has 4 aromatic rings. The van der Waals surface area contributed by atoms with Gasteiger partial charge in [0, 0.05) is 12.1 Å². The number of fused-ring (bicyclic) bond motifs is 1. The monoisotopic (exact) mass is 391 g/mol. The Morgan fingerprint density at radius 3 is 2.72 bits per heavy atom. The van der Waals surface area contributed by atoms with Crippen LogP contribution in [0.15, 0.2) is 71.9 Å². The van der Waals surface area contributed by atoms with E-state index in [1.807, 2.05) is 6.07 Å². The highest BCUT2D eigenvalue weighted by atomic mass is 19.1. The molecule has 146 valence electrons. The lowest BCUT2D eigenvalue weighted by Gasteiger charge is -2.08. The van der Waals surface area contributed by atoms with E-state index >= 15 is 0 Å². The van der Waals surface area contributed by atoms with Crippen LogP contribution >= 0.6 is 0 Å². The summed E-state index contributed by atoms with van der Waals surface area (Å²) < 4.78 is 16.4. The van der Waals surface area contributed by atoms with Crippen molar-refractivity contribution in [2.24, 2.45) is 0 Å². The van der Waals surface area contributed by atoms with Gasteiger partial charge in [0.1, 0.15) is 17.5 Å². The third-order valence-corrected chi connectivity index (χ3v) is 4.51. The van der Waals surface area contributed by atoms with Gasteiger partial charge < -0.3 is 5.32 Å². The van der Waals surface area contributed by atoms with Crippen LogP contribution in [0, 0.1) is 5.82 Å². The summed E-state index contributed by atoms with van der Waals surface area (Å²) in [5.74, 6) is -0.526. The van der Waals surface area contributed by atoms with E-state index in [9.17, 15) is 14.0 Å². The van der Waals surface area contributed by atoms with Crippen LogP contribution in [0.4, 0.5) is 4.39 Å². The molecule has 8 heteroatoms. The number of nitrogens with one attached hydrogen (secondary N) is 1. The molecule has 0 bridgehead atoms. The Bertz CT molecular complexity index is 1220. The van der Waals surface area contributed by atoms with Crippen molar-refractivity contribution in [1.29, 1.82) is 0 Å². The van der Waals surface area contributed by atoms with Crippen molar-refractivity contribution in [3.05, 3.63) is 94.4 Å². The lowest BCUT2D eigenvalue weighted by Crippen LogP contribution is -2.27. The molecule has 0 saturated carbocycles. The van der Waals surface area contributed by atoms with Gasteiger partial charge in [-0.2, -0.15) is 5.10 Å². The summed E-state index contributed by atoms with van der Waals surface area (Å²) in [6.45, 7) is 0.943. The molecule has 0 aliphatic carbocycles. The van der Waals surface area contributed by atoms with E-state index in [2.05, 4.69) is 15.4 Å². The fourth-order valence-corrected chi connectivity index (χ4v) is 3.07. The minimum absolute atomic E-state index is 0.174. The standard InChI is InChI=1S/C21H18FN5O2/c22-17-8-4-5-15(11-17)13-26-14-24-19-18(21(26)29)12-25-27(19)10-9-23-20(28)16-6-2-1-3-7-16/h1-8,11-12,14H,9-10,13H2,(H,23,28). The molecule has 0 radical (unpaired) electrons. The van der Waals surface area contributed by atoms with Gasteiger partial charge in [-0.3, -0.25) is 14.2 Å². The number of carbonyl (C=O) groups is 1. The van der Waals surface area contributed by atoms with E-state index in [0.29, 0.717) is 35.2 Å². The van der Waals surface area contributed by atoms with Crippen LogP contribution in [-0.2, 0) is 13.1 Å². The molecule has 0 unspecified atom stereocenters. The van der Waals surface area contributed by atoms with Gasteiger partial charge in [-0.1, -0.05) is 30.3 Å². The van der Waals surface area contributed by atoms with Crippen molar-refractivity contribution in [3.63, 3.8) is 0 Å². The van der Waals surface area contributed by atoms with Crippen LogP contribution in [0.5, 0.6) is 0 Å². The van der Waals surface area contributed by atoms with Gasteiger partial charge in [0.15, 0.2) is 5.65 Å². The van der Waals surface area contributed by atoms with Crippen molar-refractivity contribution in [2.45, 2.75) is 13.1 Å². The van der Waals surface area contributed by atoms with Crippen LogP contribution in [-0.4, -0.2) is 31.8 Å². The summed E-state index contributed by atoms with van der Waals surface area (Å²) in [5, 5.41) is 7.41. The van der Waals surface area contributed by atoms with Gasteiger partial charge in [-0.25, -0.2) is 14.1 Å². The van der Waals surface area contributed by atoms with E-state index in [4.69, 9.17) is 0 Å². The fraction of sp³-hybridized carbons (Fsp3) is 0.143. The molecule has 1 amide bonds. The lowest BCUT2D eigenvalue weighted by atomic mass is 10.2.